The maximum atomic E-state index is 13.7. The van der Waals surface area contributed by atoms with Crippen LogP contribution >= 0.6 is 15.9 Å². The molecule has 100 valence electrons. The summed E-state index contributed by atoms with van der Waals surface area (Å²) < 4.78 is 14.2. The maximum absolute atomic E-state index is 13.7. The Bertz CT molecular complexity index is 568. The molecule has 0 saturated carbocycles. The second-order valence-electron chi connectivity index (χ2n) is 4.55. The molecule has 0 heterocycles. The summed E-state index contributed by atoms with van der Waals surface area (Å²) in [5, 5.41) is 3.41. The Morgan fingerprint density at radius 1 is 1.21 bits per heavy atom. The van der Waals surface area contributed by atoms with Gasteiger partial charge in [0.1, 0.15) is 5.82 Å². The minimum atomic E-state index is -0.229. The van der Waals surface area contributed by atoms with Gasteiger partial charge in [-0.15, -0.1) is 0 Å². The second kappa shape index (κ2) is 6.31. The van der Waals surface area contributed by atoms with E-state index in [0.717, 1.165) is 17.7 Å². The van der Waals surface area contributed by atoms with Gasteiger partial charge >= 0.3 is 0 Å². The summed E-state index contributed by atoms with van der Waals surface area (Å²) in [6.45, 7) is 4.94. The lowest BCUT2D eigenvalue weighted by Crippen LogP contribution is -2.22. The van der Waals surface area contributed by atoms with Gasteiger partial charge in [-0.05, 0) is 46.6 Å². The quantitative estimate of drug-likeness (QED) is 0.868. The lowest BCUT2D eigenvalue weighted by molar-refractivity contribution is 0.595. The van der Waals surface area contributed by atoms with Crippen molar-refractivity contribution in [3.05, 3.63) is 69.4 Å². The predicted octanol–water partition coefficient (Wildman–Crippen LogP) is 4.60. The van der Waals surface area contributed by atoms with Crippen LogP contribution in [0.4, 0.5) is 4.39 Å². The summed E-state index contributed by atoms with van der Waals surface area (Å²) in [5.74, 6) is -0.229. The highest BCUT2D eigenvalue weighted by atomic mass is 79.9. The van der Waals surface area contributed by atoms with Gasteiger partial charge in [0, 0.05) is 0 Å². The molecule has 1 atom stereocenters. The van der Waals surface area contributed by atoms with E-state index in [4.69, 9.17) is 0 Å². The van der Waals surface area contributed by atoms with Crippen LogP contribution in [-0.2, 0) is 0 Å². The van der Waals surface area contributed by atoms with Crippen molar-refractivity contribution in [3.8, 4) is 0 Å². The first-order chi connectivity index (χ1) is 9.13. The molecule has 0 saturated heterocycles. The van der Waals surface area contributed by atoms with Crippen molar-refractivity contribution >= 4 is 15.9 Å². The van der Waals surface area contributed by atoms with E-state index in [1.807, 2.05) is 12.1 Å². The highest BCUT2D eigenvalue weighted by Crippen LogP contribution is 2.30. The zero-order chi connectivity index (χ0) is 13.8. The van der Waals surface area contributed by atoms with E-state index in [-0.39, 0.29) is 11.9 Å². The minimum absolute atomic E-state index is 0.00465. The third kappa shape index (κ3) is 3.23. The van der Waals surface area contributed by atoms with E-state index in [9.17, 15) is 4.39 Å². The molecule has 1 N–H and O–H groups in total. The first kappa shape index (κ1) is 14.2. The Labute approximate surface area is 122 Å². The summed E-state index contributed by atoms with van der Waals surface area (Å²) in [6.07, 6.45) is 0. The van der Waals surface area contributed by atoms with Crippen molar-refractivity contribution in [2.24, 2.45) is 0 Å². The van der Waals surface area contributed by atoms with Crippen LogP contribution in [0.2, 0.25) is 0 Å². The van der Waals surface area contributed by atoms with Crippen LogP contribution in [0.3, 0.4) is 0 Å². The SMILES string of the molecule is CCNC(c1cccc(C)c1)c1cccc(F)c1Br. The molecule has 0 aliphatic rings. The lowest BCUT2D eigenvalue weighted by Gasteiger charge is -2.21. The number of benzene rings is 2. The van der Waals surface area contributed by atoms with E-state index in [1.54, 1.807) is 6.07 Å². The lowest BCUT2D eigenvalue weighted by atomic mass is 9.97. The van der Waals surface area contributed by atoms with Crippen molar-refractivity contribution in [2.75, 3.05) is 6.54 Å². The molecule has 0 aliphatic carbocycles. The zero-order valence-corrected chi connectivity index (χ0v) is 12.7. The molecule has 0 aliphatic heterocycles. The van der Waals surface area contributed by atoms with Crippen LogP contribution in [0, 0.1) is 12.7 Å². The van der Waals surface area contributed by atoms with Crippen molar-refractivity contribution < 1.29 is 4.39 Å². The van der Waals surface area contributed by atoms with Gasteiger partial charge in [-0.3, -0.25) is 0 Å². The van der Waals surface area contributed by atoms with Gasteiger partial charge in [-0.25, -0.2) is 4.39 Å². The molecule has 1 nitrogen and oxygen atoms in total. The Morgan fingerprint density at radius 3 is 2.63 bits per heavy atom. The van der Waals surface area contributed by atoms with Gasteiger partial charge in [0.2, 0.25) is 0 Å². The monoisotopic (exact) mass is 321 g/mol. The molecule has 3 heteroatoms. The summed E-state index contributed by atoms with van der Waals surface area (Å²) in [6, 6.07) is 13.4. The highest BCUT2D eigenvalue weighted by molar-refractivity contribution is 9.10. The van der Waals surface area contributed by atoms with Crippen molar-refractivity contribution in [1.82, 2.24) is 5.32 Å². The van der Waals surface area contributed by atoms with Crippen LogP contribution in [0.1, 0.15) is 29.7 Å². The molecule has 19 heavy (non-hydrogen) atoms. The average Bonchev–Trinajstić information content (AvgIpc) is 2.40. The summed E-state index contributed by atoms with van der Waals surface area (Å²) in [4.78, 5) is 0. The van der Waals surface area contributed by atoms with Gasteiger partial charge in [0.25, 0.3) is 0 Å². The van der Waals surface area contributed by atoms with Crippen molar-refractivity contribution in [3.63, 3.8) is 0 Å². The molecule has 1 unspecified atom stereocenters. The average molecular weight is 322 g/mol. The Kier molecular flexibility index (Phi) is 4.72. The van der Waals surface area contributed by atoms with Crippen LogP contribution in [-0.4, -0.2) is 6.54 Å². The maximum Gasteiger partial charge on any atom is 0.137 e. The fraction of sp³-hybridized carbons (Fsp3) is 0.250. The summed E-state index contributed by atoms with van der Waals surface area (Å²) >= 11 is 3.35. The fourth-order valence-electron chi connectivity index (χ4n) is 2.20. The minimum Gasteiger partial charge on any atom is -0.306 e. The molecule has 0 fully saturated rings. The van der Waals surface area contributed by atoms with Gasteiger partial charge in [0.05, 0.1) is 10.5 Å². The summed E-state index contributed by atoms with van der Waals surface area (Å²) in [7, 11) is 0. The van der Waals surface area contributed by atoms with E-state index < -0.39 is 0 Å². The Balaban J connectivity index is 2.48. The zero-order valence-electron chi connectivity index (χ0n) is 11.1. The first-order valence-electron chi connectivity index (χ1n) is 6.37. The molecule has 2 aromatic rings. The molecule has 0 aromatic heterocycles. The predicted molar refractivity (Wildman–Crippen MR) is 80.8 cm³/mol. The smallest absolute Gasteiger partial charge is 0.137 e. The number of halogens is 2. The van der Waals surface area contributed by atoms with Gasteiger partial charge in [-0.1, -0.05) is 48.9 Å². The molecule has 0 spiro atoms. The largest absolute Gasteiger partial charge is 0.306 e. The fourth-order valence-corrected chi connectivity index (χ4v) is 2.70. The molecule has 2 rings (SSSR count). The number of aryl methyl sites for hydroxylation is 1. The topological polar surface area (TPSA) is 12.0 Å². The van der Waals surface area contributed by atoms with Gasteiger partial charge in [-0.2, -0.15) is 0 Å². The van der Waals surface area contributed by atoms with Crippen LogP contribution in [0.15, 0.2) is 46.9 Å². The van der Waals surface area contributed by atoms with E-state index in [0.29, 0.717) is 4.47 Å². The molecular formula is C16H17BrFN. The number of hydrogen-bond acceptors (Lipinski definition) is 1. The van der Waals surface area contributed by atoms with Crippen LogP contribution in [0.25, 0.3) is 0 Å². The van der Waals surface area contributed by atoms with Crippen LogP contribution in [0.5, 0.6) is 0 Å². The standard InChI is InChI=1S/C16H17BrFN/c1-3-19-16(12-7-4-6-11(2)10-12)13-8-5-9-14(18)15(13)17/h4-10,16,19H,3H2,1-2H3. The highest BCUT2D eigenvalue weighted by Gasteiger charge is 2.17. The molecule has 0 radical (unpaired) electrons. The molecular weight excluding hydrogens is 305 g/mol. The molecule has 0 bridgehead atoms. The van der Waals surface area contributed by atoms with Crippen molar-refractivity contribution in [1.29, 1.82) is 0 Å². The van der Waals surface area contributed by atoms with E-state index in [1.165, 1.54) is 11.6 Å². The number of rotatable bonds is 4. The van der Waals surface area contributed by atoms with Gasteiger partial charge < -0.3 is 5.32 Å². The van der Waals surface area contributed by atoms with E-state index >= 15 is 0 Å². The summed E-state index contributed by atoms with van der Waals surface area (Å²) in [5.41, 5.74) is 3.27. The number of nitrogens with one attached hydrogen (secondary N) is 1. The van der Waals surface area contributed by atoms with Crippen molar-refractivity contribution in [2.45, 2.75) is 19.9 Å². The normalized spacial score (nSPS) is 12.4. The van der Waals surface area contributed by atoms with E-state index in [2.05, 4.69) is 53.3 Å². The number of hydrogen-bond donors (Lipinski definition) is 1. The third-order valence-electron chi connectivity index (χ3n) is 3.08. The molecule has 2 aromatic carbocycles. The Morgan fingerprint density at radius 2 is 1.95 bits per heavy atom. The third-order valence-corrected chi connectivity index (χ3v) is 3.91. The second-order valence-corrected chi connectivity index (χ2v) is 5.34. The van der Waals surface area contributed by atoms with Gasteiger partial charge in [0.15, 0.2) is 0 Å². The molecule has 0 amide bonds. The first-order valence-corrected chi connectivity index (χ1v) is 7.16. The van der Waals surface area contributed by atoms with Crippen LogP contribution < -0.4 is 5.32 Å². The Hall–Kier alpha value is -1.19.